The summed E-state index contributed by atoms with van der Waals surface area (Å²) in [5.74, 6) is -0.0768. The first-order chi connectivity index (χ1) is 8.66. The number of nitrogens with zero attached hydrogens (tertiary/aromatic N) is 2. The first-order valence-corrected chi connectivity index (χ1v) is 6.37. The molecule has 0 aliphatic carbocycles. The Balaban J connectivity index is 1.93. The van der Waals surface area contributed by atoms with Crippen LogP contribution in [0.25, 0.3) is 0 Å². The van der Waals surface area contributed by atoms with Crippen LogP contribution >= 0.6 is 0 Å². The third kappa shape index (κ3) is 1.68. The summed E-state index contributed by atoms with van der Waals surface area (Å²) in [6, 6.07) is 7.49. The number of carbonyl (C=O) groups is 2. The molecular weight excluding hydrogens is 228 g/mol. The van der Waals surface area contributed by atoms with Gasteiger partial charge >= 0.3 is 6.03 Å². The Labute approximate surface area is 106 Å². The Morgan fingerprint density at radius 2 is 1.89 bits per heavy atom. The summed E-state index contributed by atoms with van der Waals surface area (Å²) >= 11 is 0. The maximum absolute atomic E-state index is 12.3. The van der Waals surface area contributed by atoms with E-state index in [1.54, 1.807) is 0 Å². The van der Waals surface area contributed by atoms with Crippen LogP contribution in [-0.2, 0) is 4.79 Å². The smallest absolute Gasteiger partial charge is 0.320 e. The number of hydrogen-bond acceptors (Lipinski definition) is 2. The number of amides is 3. The van der Waals surface area contributed by atoms with Crippen LogP contribution in [-0.4, -0.2) is 29.4 Å². The molecule has 0 aromatic heterocycles. The largest absolute Gasteiger partial charge is 0.331 e. The van der Waals surface area contributed by atoms with Crippen molar-refractivity contribution in [2.45, 2.75) is 32.2 Å². The minimum atomic E-state index is -0.155. The van der Waals surface area contributed by atoms with E-state index < -0.39 is 0 Å². The summed E-state index contributed by atoms with van der Waals surface area (Å²) < 4.78 is 0. The molecule has 0 spiro atoms. The molecule has 1 aromatic carbocycles. The fraction of sp³-hybridized carbons (Fsp3) is 0.429. The number of fused-ring (bicyclic) bond motifs is 1. The molecule has 4 nitrogen and oxygen atoms in total. The third-order valence-electron chi connectivity index (χ3n) is 3.77. The highest BCUT2D eigenvalue weighted by atomic mass is 16.2. The van der Waals surface area contributed by atoms with Gasteiger partial charge in [-0.3, -0.25) is 4.79 Å². The molecule has 1 aromatic rings. The van der Waals surface area contributed by atoms with Gasteiger partial charge in [0, 0.05) is 19.0 Å². The molecule has 4 heteroatoms. The van der Waals surface area contributed by atoms with E-state index in [4.69, 9.17) is 0 Å². The summed E-state index contributed by atoms with van der Waals surface area (Å²) in [5.41, 5.74) is 1.80. The molecule has 2 fully saturated rings. The average molecular weight is 244 g/mol. The van der Waals surface area contributed by atoms with Crippen LogP contribution in [0.15, 0.2) is 24.3 Å². The van der Waals surface area contributed by atoms with Crippen molar-refractivity contribution in [2.24, 2.45) is 0 Å². The number of urea groups is 1. The van der Waals surface area contributed by atoms with Gasteiger partial charge in [0.15, 0.2) is 0 Å². The van der Waals surface area contributed by atoms with Crippen LogP contribution < -0.4 is 4.90 Å². The van der Waals surface area contributed by atoms with Crippen molar-refractivity contribution in [1.82, 2.24) is 4.90 Å². The molecule has 3 amide bonds. The Bertz CT molecular complexity index is 495. The molecule has 0 bridgehead atoms. The summed E-state index contributed by atoms with van der Waals surface area (Å²) in [7, 11) is 0. The van der Waals surface area contributed by atoms with E-state index in [1.807, 2.05) is 36.1 Å². The molecule has 2 aliphatic heterocycles. The molecular formula is C14H16N2O2. The molecule has 2 heterocycles. The molecule has 94 valence electrons. The highest BCUT2D eigenvalue weighted by Crippen LogP contribution is 2.30. The van der Waals surface area contributed by atoms with Crippen molar-refractivity contribution in [3.63, 3.8) is 0 Å². The SMILES string of the molecule is Cc1ccc(N2C(=O)CC3CCCN3C2=O)cc1. The van der Waals surface area contributed by atoms with Gasteiger partial charge in [0.05, 0.1) is 5.69 Å². The zero-order valence-corrected chi connectivity index (χ0v) is 10.4. The molecule has 0 saturated carbocycles. The van der Waals surface area contributed by atoms with Crippen LogP contribution in [0.2, 0.25) is 0 Å². The Morgan fingerprint density at radius 3 is 2.61 bits per heavy atom. The predicted octanol–water partition coefficient (Wildman–Crippen LogP) is 2.32. The second kappa shape index (κ2) is 4.12. The van der Waals surface area contributed by atoms with E-state index in [-0.39, 0.29) is 18.0 Å². The molecule has 0 radical (unpaired) electrons. The maximum Gasteiger partial charge on any atom is 0.331 e. The van der Waals surface area contributed by atoms with E-state index in [9.17, 15) is 9.59 Å². The minimum Gasteiger partial charge on any atom is -0.320 e. The Hall–Kier alpha value is -1.84. The molecule has 2 saturated heterocycles. The van der Waals surface area contributed by atoms with E-state index in [0.717, 1.165) is 24.9 Å². The van der Waals surface area contributed by atoms with Gasteiger partial charge in [-0.15, -0.1) is 0 Å². The molecule has 2 aliphatic rings. The summed E-state index contributed by atoms with van der Waals surface area (Å²) in [6.07, 6.45) is 2.42. The lowest BCUT2D eigenvalue weighted by molar-refractivity contribution is -0.119. The molecule has 0 N–H and O–H groups in total. The normalized spacial score (nSPS) is 23.5. The number of hydrogen-bond donors (Lipinski definition) is 0. The number of rotatable bonds is 1. The quantitative estimate of drug-likeness (QED) is 0.760. The van der Waals surface area contributed by atoms with Crippen LogP contribution in [0, 0.1) is 6.92 Å². The van der Waals surface area contributed by atoms with Gasteiger partial charge in [0.1, 0.15) is 0 Å². The van der Waals surface area contributed by atoms with Crippen molar-refractivity contribution >= 4 is 17.6 Å². The first-order valence-electron chi connectivity index (χ1n) is 6.37. The topological polar surface area (TPSA) is 40.6 Å². The monoisotopic (exact) mass is 244 g/mol. The number of imide groups is 1. The lowest BCUT2D eigenvalue weighted by Gasteiger charge is -2.36. The molecule has 1 unspecified atom stereocenters. The minimum absolute atomic E-state index is 0.0768. The van der Waals surface area contributed by atoms with Crippen molar-refractivity contribution in [2.75, 3.05) is 11.4 Å². The maximum atomic E-state index is 12.3. The van der Waals surface area contributed by atoms with Gasteiger partial charge in [-0.25, -0.2) is 9.69 Å². The lowest BCUT2D eigenvalue weighted by atomic mass is 10.1. The second-order valence-electron chi connectivity index (χ2n) is 5.04. The second-order valence-corrected chi connectivity index (χ2v) is 5.04. The number of anilines is 1. The number of benzene rings is 1. The first kappa shape index (κ1) is 11.3. The van der Waals surface area contributed by atoms with Gasteiger partial charge in [0.25, 0.3) is 0 Å². The van der Waals surface area contributed by atoms with Gasteiger partial charge < -0.3 is 4.90 Å². The van der Waals surface area contributed by atoms with E-state index in [2.05, 4.69) is 0 Å². The fourth-order valence-electron chi connectivity index (χ4n) is 2.78. The highest BCUT2D eigenvalue weighted by Gasteiger charge is 2.41. The van der Waals surface area contributed by atoms with E-state index >= 15 is 0 Å². The van der Waals surface area contributed by atoms with Crippen molar-refractivity contribution in [1.29, 1.82) is 0 Å². The molecule has 18 heavy (non-hydrogen) atoms. The van der Waals surface area contributed by atoms with Gasteiger partial charge in [-0.05, 0) is 31.9 Å². The summed E-state index contributed by atoms with van der Waals surface area (Å²) in [5, 5.41) is 0. The van der Waals surface area contributed by atoms with Crippen LogP contribution in [0.3, 0.4) is 0 Å². The highest BCUT2D eigenvalue weighted by molar-refractivity contribution is 6.16. The Kier molecular flexibility index (Phi) is 2.58. The van der Waals surface area contributed by atoms with Crippen molar-refractivity contribution in [3.8, 4) is 0 Å². The molecule has 3 rings (SSSR count). The zero-order chi connectivity index (χ0) is 12.7. The van der Waals surface area contributed by atoms with Crippen LogP contribution in [0.4, 0.5) is 10.5 Å². The summed E-state index contributed by atoms with van der Waals surface area (Å²) in [6.45, 7) is 2.76. The number of aryl methyl sites for hydroxylation is 1. The lowest BCUT2D eigenvalue weighted by Crippen LogP contribution is -2.54. The van der Waals surface area contributed by atoms with Crippen LogP contribution in [0.5, 0.6) is 0 Å². The summed E-state index contributed by atoms with van der Waals surface area (Å²) in [4.78, 5) is 27.6. The van der Waals surface area contributed by atoms with Crippen molar-refractivity contribution < 1.29 is 9.59 Å². The zero-order valence-electron chi connectivity index (χ0n) is 10.4. The standard InChI is InChI=1S/C14H16N2O2/c1-10-4-6-11(7-5-10)16-13(17)9-12-3-2-8-15(12)14(16)18/h4-7,12H,2-3,8-9H2,1H3. The molecule has 1 atom stereocenters. The van der Waals surface area contributed by atoms with E-state index in [0.29, 0.717) is 12.1 Å². The predicted molar refractivity (Wildman–Crippen MR) is 68.4 cm³/mol. The van der Waals surface area contributed by atoms with Gasteiger partial charge in [-0.1, -0.05) is 17.7 Å². The van der Waals surface area contributed by atoms with Crippen LogP contribution in [0.1, 0.15) is 24.8 Å². The average Bonchev–Trinajstić information content (AvgIpc) is 2.80. The Morgan fingerprint density at radius 1 is 1.17 bits per heavy atom. The van der Waals surface area contributed by atoms with Crippen molar-refractivity contribution in [3.05, 3.63) is 29.8 Å². The van der Waals surface area contributed by atoms with E-state index in [1.165, 1.54) is 4.90 Å². The third-order valence-corrected chi connectivity index (χ3v) is 3.77. The fourth-order valence-corrected chi connectivity index (χ4v) is 2.78. The van der Waals surface area contributed by atoms with Gasteiger partial charge in [-0.2, -0.15) is 0 Å². The number of carbonyl (C=O) groups excluding carboxylic acids is 2. The van der Waals surface area contributed by atoms with Gasteiger partial charge in [0.2, 0.25) is 5.91 Å².